The van der Waals surface area contributed by atoms with Crippen LogP contribution in [0.3, 0.4) is 0 Å². The van der Waals surface area contributed by atoms with Crippen molar-refractivity contribution in [2.45, 2.75) is 12.5 Å². The van der Waals surface area contributed by atoms with Crippen LogP contribution in [0, 0.1) is 11.3 Å². The van der Waals surface area contributed by atoms with Gasteiger partial charge in [-0.2, -0.15) is 5.26 Å². The molecule has 1 heterocycles. The van der Waals surface area contributed by atoms with Gasteiger partial charge in [0.25, 0.3) is 5.91 Å². The minimum atomic E-state index is -1.35. The molecule has 27 heavy (non-hydrogen) atoms. The molecular weight excluding hydrogens is 368 g/mol. The summed E-state index contributed by atoms with van der Waals surface area (Å²) in [5, 5.41) is 14.4. The van der Waals surface area contributed by atoms with Gasteiger partial charge in [-0.3, -0.25) is 14.5 Å². The van der Waals surface area contributed by atoms with Gasteiger partial charge in [0.1, 0.15) is 12.1 Å². The molecule has 3 rings (SSSR count). The molecule has 1 saturated heterocycles. The molecule has 2 N–H and O–H groups in total. The minimum absolute atomic E-state index is 0.341. The highest BCUT2D eigenvalue weighted by Crippen LogP contribution is 2.33. The van der Waals surface area contributed by atoms with E-state index in [4.69, 9.17) is 16.9 Å². The van der Waals surface area contributed by atoms with Crippen molar-refractivity contribution in [3.8, 4) is 6.07 Å². The summed E-state index contributed by atoms with van der Waals surface area (Å²) in [6.45, 7) is 1.09. The molecule has 1 atom stereocenters. The molecule has 0 aromatic heterocycles. The first-order chi connectivity index (χ1) is 12.8. The number of halogens is 1. The van der Waals surface area contributed by atoms with E-state index in [2.05, 4.69) is 10.6 Å². The van der Waals surface area contributed by atoms with Crippen LogP contribution in [0.25, 0.3) is 0 Å². The number of urea groups is 1. The van der Waals surface area contributed by atoms with E-state index in [1.54, 1.807) is 49.4 Å². The lowest BCUT2D eigenvalue weighted by molar-refractivity contribution is -0.133. The van der Waals surface area contributed by atoms with Crippen LogP contribution in [0.5, 0.6) is 0 Å². The van der Waals surface area contributed by atoms with Gasteiger partial charge in [0, 0.05) is 16.3 Å². The summed E-state index contributed by atoms with van der Waals surface area (Å²) >= 11 is 6.17. The molecule has 1 aliphatic heterocycles. The van der Waals surface area contributed by atoms with Crippen molar-refractivity contribution in [1.29, 1.82) is 5.26 Å². The molecule has 1 aliphatic rings. The molecule has 4 amide bonds. The molecule has 1 unspecified atom stereocenters. The zero-order valence-corrected chi connectivity index (χ0v) is 15.1. The third-order valence-electron chi connectivity index (χ3n) is 4.26. The quantitative estimate of drug-likeness (QED) is 0.793. The van der Waals surface area contributed by atoms with Gasteiger partial charge in [0.2, 0.25) is 5.91 Å². The van der Waals surface area contributed by atoms with Gasteiger partial charge < -0.3 is 10.6 Å². The Morgan fingerprint density at radius 2 is 2.00 bits per heavy atom. The van der Waals surface area contributed by atoms with Gasteiger partial charge in [-0.25, -0.2) is 4.79 Å². The average molecular weight is 383 g/mol. The van der Waals surface area contributed by atoms with E-state index < -0.39 is 29.9 Å². The maximum absolute atomic E-state index is 12.8. The van der Waals surface area contributed by atoms with Gasteiger partial charge in [-0.15, -0.1) is 0 Å². The van der Waals surface area contributed by atoms with Crippen LogP contribution in [0.1, 0.15) is 18.1 Å². The normalized spacial score (nSPS) is 18.8. The Morgan fingerprint density at radius 1 is 1.26 bits per heavy atom. The molecule has 136 valence electrons. The second-order valence-corrected chi connectivity index (χ2v) is 6.57. The number of hydrogen-bond donors (Lipinski definition) is 2. The molecule has 8 heteroatoms. The Hall–Kier alpha value is -3.37. The van der Waals surface area contributed by atoms with Crippen molar-refractivity contribution in [2.75, 3.05) is 11.9 Å². The fraction of sp³-hybridized carbons (Fsp3) is 0.158. The molecule has 0 saturated carbocycles. The van der Waals surface area contributed by atoms with Crippen molar-refractivity contribution in [2.24, 2.45) is 0 Å². The van der Waals surface area contributed by atoms with Crippen LogP contribution >= 0.6 is 11.6 Å². The smallest absolute Gasteiger partial charge is 0.324 e. The lowest BCUT2D eigenvalue weighted by atomic mass is 9.92. The minimum Gasteiger partial charge on any atom is -0.324 e. The predicted molar refractivity (Wildman–Crippen MR) is 98.8 cm³/mol. The van der Waals surface area contributed by atoms with Crippen LogP contribution in [-0.4, -0.2) is 29.3 Å². The SMILES string of the molecule is CC1(c2ccccc2Cl)NC(=O)N(CC(=O)Nc2cccc(C#N)c2)C1=O. The number of nitriles is 1. The number of rotatable bonds is 4. The molecule has 0 radical (unpaired) electrons. The summed E-state index contributed by atoms with van der Waals surface area (Å²) in [5.74, 6) is -1.13. The van der Waals surface area contributed by atoms with Crippen molar-refractivity contribution in [3.63, 3.8) is 0 Å². The lowest BCUT2D eigenvalue weighted by Gasteiger charge is -2.23. The number of hydrogen-bond acceptors (Lipinski definition) is 4. The van der Waals surface area contributed by atoms with Crippen molar-refractivity contribution < 1.29 is 14.4 Å². The summed E-state index contributed by atoms with van der Waals surface area (Å²) in [7, 11) is 0. The van der Waals surface area contributed by atoms with E-state index in [0.717, 1.165) is 4.90 Å². The first-order valence-electron chi connectivity index (χ1n) is 8.04. The highest BCUT2D eigenvalue weighted by atomic mass is 35.5. The Kier molecular flexibility index (Phi) is 4.84. The predicted octanol–water partition coefficient (Wildman–Crippen LogP) is 2.62. The Bertz CT molecular complexity index is 985. The largest absolute Gasteiger partial charge is 0.325 e. The maximum Gasteiger partial charge on any atom is 0.325 e. The fourth-order valence-corrected chi connectivity index (χ4v) is 3.23. The van der Waals surface area contributed by atoms with Crippen LogP contribution in [0.15, 0.2) is 48.5 Å². The van der Waals surface area contributed by atoms with E-state index >= 15 is 0 Å². The monoisotopic (exact) mass is 382 g/mol. The van der Waals surface area contributed by atoms with E-state index in [9.17, 15) is 14.4 Å². The number of imide groups is 1. The molecule has 0 aliphatic carbocycles. The number of carbonyl (C=O) groups excluding carboxylic acids is 3. The zero-order chi connectivity index (χ0) is 19.6. The van der Waals surface area contributed by atoms with Gasteiger partial charge in [-0.1, -0.05) is 35.9 Å². The van der Waals surface area contributed by atoms with Gasteiger partial charge in [-0.05, 0) is 31.2 Å². The summed E-state index contributed by atoms with van der Waals surface area (Å²) < 4.78 is 0. The second kappa shape index (κ2) is 7.09. The topological polar surface area (TPSA) is 102 Å². The number of amides is 4. The standard InChI is InChI=1S/C19H15ClN4O3/c1-19(14-7-2-3-8-15(14)20)17(26)24(18(27)23-19)11-16(25)22-13-6-4-5-12(9-13)10-21/h2-9H,11H2,1H3,(H,22,25)(H,23,27). The highest BCUT2D eigenvalue weighted by Gasteiger charge is 2.50. The second-order valence-electron chi connectivity index (χ2n) is 6.17. The highest BCUT2D eigenvalue weighted by molar-refractivity contribution is 6.32. The maximum atomic E-state index is 12.8. The number of benzene rings is 2. The van der Waals surface area contributed by atoms with Gasteiger partial charge in [0.15, 0.2) is 0 Å². The van der Waals surface area contributed by atoms with Crippen LogP contribution in [-0.2, 0) is 15.1 Å². The summed E-state index contributed by atoms with van der Waals surface area (Å²) in [4.78, 5) is 38.3. The van der Waals surface area contributed by atoms with E-state index in [1.165, 1.54) is 6.07 Å². The molecule has 0 spiro atoms. The number of anilines is 1. The van der Waals surface area contributed by atoms with Crippen molar-refractivity contribution in [1.82, 2.24) is 10.2 Å². The third kappa shape index (κ3) is 3.48. The lowest BCUT2D eigenvalue weighted by Crippen LogP contribution is -2.42. The first-order valence-corrected chi connectivity index (χ1v) is 8.42. The van der Waals surface area contributed by atoms with Crippen molar-refractivity contribution in [3.05, 3.63) is 64.7 Å². The van der Waals surface area contributed by atoms with Gasteiger partial charge >= 0.3 is 6.03 Å². The summed E-state index contributed by atoms with van der Waals surface area (Å²) in [6, 6.07) is 14.3. The molecule has 2 aromatic carbocycles. The number of nitrogens with one attached hydrogen (secondary N) is 2. The van der Waals surface area contributed by atoms with E-state index in [1.807, 2.05) is 6.07 Å². The van der Waals surface area contributed by atoms with E-state index in [-0.39, 0.29) is 0 Å². The van der Waals surface area contributed by atoms with Crippen LogP contribution < -0.4 is 10.6 Å². The van der Waals surface area contributed by atoms with Crippen molar-refractivity contribution >= 4 is 35.1 Å². The number of carbonyl (C=O) groups is 3. The van der Waals surface area contributed by atoms with Crippen LogP contribution in [0.2, 0.25) is 5.02 Å². The first kappa shape index (κ1) is 18.4. The Balaban J connectivity index is 1.77. The third-order valence-corrected chi connectivity index (χ3v) is 4.59. The number of nitrogens with zero attached hydrogens (tertiary/aromatic N) is 2. The molecule has 0 bridgehead atoms. The molecule has 1 fully saturated rings. The summed E-state index contributed by atoms with van der Waals surface area (Å²) in [5.41, 5.74) is -0.111. The summed E-state index contributed by atoms with van der Waals surface area (Å²) in [6.07, 6.45) is 0. The fourth-order valence-electron chi connectivity index (χ4n) is 2.90. The Morgan fingerprint density at radius 3 is 2.70 bits per heavy atom. The van der Waals surface area contributed by atoms with Gasteiger partial charge in [0.05, 0.1) is 11.6 Å². The molecule has 7 nitrogen and oxygen atoms in total. The van der Waals surface area contributed by atoms with Crippen LogP contribution in [0.4, 0.5) is 10.5 Å². The zero-order valence-electron chi connectivity index (χ0n) is 14.3. The molecular formula is C19H15ClN4O3. The molecule has 2 aromatic rings. The Labute approximate surface area is 160 Å². The van der Waals surface area contributed by atoms with E-state index in [0.29, 0.717) is 21.8 Å². The average Bonchev–Trinajstić information content (AvgIpc) is 2.86.